The van der Waals surface area contributed by atoms with Gasteiger partial charge in [-0.1, -0.05) is 6.92 Å². The summed E-state index contributed by atoms with van der Waals surface area (Å²) in [6.07, 6.45) is 5.67. The van der Waals surface area contributed by atoms with Crippen molar-refractivity contribution >= 4 is 11.9 Å². The number of piperidine rings is 1. The average Bonchev–Trinajstić information content (AvgIpc) is 3.02. The minimum Gasteiger partial charge on any atom is -0.465 e. The molecule has 0 spiro atoms. The molecule has 1 aliphatic carbocycles. The second-order valence-corrected chi connectivity index (χ2v) is 6.65. The van der Waals surface area contributed by atoms with Crippen molar-refractivity contribution in [3.63, 3.8) is 0 Å². The van der Waals surface area contributed by atoms with Crippen LogP contribution in [0.2, 0.25) is 0 Å². The first kappa shape index (κ1) is 15.1. The zero-order chi connectivity index (χ0) is 15.9. The number of esters is 1. The summed E-state index contributed by atoms with van der Waals surface area (Å²) in [5, 5.41) is 4.17. The fourth-order valence-corrected chi connectivity index (χ4v) is 3.26. The van der Waals surface area contributed by atoms with E-state index in [-0.39, 0.29) is 23.8 Å². The zero-order valence-corrected chi connectivity index (χ0v) is 13.4. The van der Waals surface area contributed by atoms with Crippen LogP contribution in [-0.2, 0) is 21.4 Å². The second kappa shape index (κ2) is 5.74. The lowest BCUT2D eigenvalue weighted by Gasteiger charge is -2.37. The molecule has 1 saturated carbocycles. The molecule has 1 aliphatic heterocycles. The molecule has 3 rings (SSSR count). The fourth-order valence-electron chi connectivity index (χ4n) is 3.26. The van der Waals surface area contributed by atoms with Crippen LogP contribution < -0.4 is 0 Å². The normalized spacial score (nSPS) is 31.2. The van der Waals surface area contributed by atoms with E-state index in [9.17, 15) is 9.59 Å². The van der Waals surface area contributed by atoms with Gasteiger partial charge in [-0.2, -0.15) is 5.10 Å². The van der Waals surface area contributed by atoms with Crippen LogP contribution in [0.1, 0.15) is 37.8 Å². The first-order chi connectivity index (χ1) is 10.5. The van der Waals surface area contributed by atoms with Crippen molar-refractivity contribution in [3.05, 3.63) is 18.0 Å². The van der Waals surface area contributed by atoms with Crippen LogP contribution in [0.4, 0.5) is 0 Å². The predicted molar refractivity (Wildman–Crippen MR) is 79.7 cm³/mol. The number of likely N-dealkylation sites (tertiary alicyclic amines) is 1. The zero-order valence-electron chi connectivity index (χ0n) is 13.4. The molecule has 0 radical (unpaired) electrons. The Kier molecular flexibility index (Phi) is 3.93. The van der Waals surface area contributed by atoms with E-state index in [2.05, 4.69) is 12.0 Å². The maximum Gasteiger partial charge on any atom is 0.311 e. The monoisotopic (exact) mass is 305 g/mol. The SMILES string of the molecule is C[C@@H]1C[C@@H]1COC(=O)[C@@H]1CCC(=O)N(C)[C@H]1c1cnn(C)c1. The molecule has 4 atom stereocenters. The molecule has 2 fully saturated rings. The van der Waals surface area contributed by atoms with Crippen LogP contribution in [0.25, 0.3) is 0 Å². The Morgan fingerprint density at radius 2 is 2.18 bits per heavy atom. The molecule has 1 amide bonds. The van der Waals surface area contributed by atoms with E-state index in [1.165, 1.54) is 0 Å². The van der Waals surface area contributed by atoms with Crippen LogP contribution in [0, 0.1) is 17.8 Å². The third-order valence-electron chi connectivity index (χ3n) is 4.95. The Bertz CT molecular complexity index is 583. The summed E-state index contributed by atoms with van der Waals surface area (Å²) in [5.41, 5.74) is 0.889. The van der Waals surface area contributed by atoms with Gasteiger partial charge in [0.05, 0.1) is 24.8 Å². The van der Waals surface area contributed by atoms with Crippen LogP contribution >= 0.6 is 0 Å². The summed E-state index contributed by atoms with van der Waals surface area (Å²) < 4.78 is 7.20. The highest BCUT2D eigenvalue weighted by atomic mass is 16.5. The van der Waals surface area contributed by atoms with Gasteiger partial charge in [-0.05, 0) is 24.7 Å². The van der Waals surface area contributed by atoms with Gasteiger partial charge < -0.3 is 9.64 Å². The number of rotatable bonds is 4. The molecule has 0 aromatic carbocycles. The molecule has 1 aromatic rings. The van der Waals surface area contributed by atoms with Gasteiger partial charge in [0, 0.05) is 32.3 Å². The van der Waals surface area contributed by atoms with E-state index in [1.807, 2.05) is 13.2 Å². The molecule has 2 aliphatic rings. The van der Waals surface area contributed by atoms with Gasteiger partial charge in [-0.3, -0.25) is 14.3 Å². The molecule has 0 N–H and O–H groups in total. The van der Waals surface area contributed by atoms with E-state index < -0.39 is 0 Å². The van der Waals surface area contributed by atoms with Gasteiger partial charge in [0.2, 0.25) is 5.91 Å². The van der Waals surface area contributed by atoms with E-state index >= 15 is 0 Å². The number of hydrogen-bond acceptors (Lipinski definition) is 4. The summed E-state index contributed by atoms with van der Waals surface area (Å²) in [6.45, 7) is 2.68. The molecule has 6 heteroatoms. The van der Waals surface area contributed by atoms with Crippen molar-refractivity contribution in [3.8, 4) is 0 Å². The van der Waals surface area contributed by atoms with Gasteiger partial charge in [0.25, 0.3) is 0 Å². The van der Waals surface area contributed by atoms with Crippen LogP contribution in [-0.4, -0.2) is 40.2 Å². The van der Waals surface area contributed by atoms with Crippen molar-refractivity contribution in [2.75, 3.05) is 13.7 Å². The predicted octanol–water partition coefficient (Wildman–Crippen LogP) is 1.53. The summed E-state index contributed by atoms with van der Waals surface area (Å²) in [5.74, 6) is 0.753. The third kappa shape index (κ3) is 2.87. The van der Waals surface area contributed by atoms with Gasteiger partial charge in [-0.25, -0.2) is 0 Å². The quantitative estimate of drug-likeness (QED) is 0.791. The van der Waals surface area contributed by atoms with Gasteiger partial charge in [-0.15, -0.1) is 0 Å². The molecule has 22 heavy (non-hydrogen) atoms. The maximum atomic E-state index is 12.5. The number of nitrogens with zero attached hydrogens (tertiary/aromatic N) is 3. The molecule has 2 heterocycles. The summed E-state index contributed by atoms with van der Waals surface area (Å²) >= 11 is 0. The highest BCUT2D eigenvalue weighted by Gasteiger charge is 2.41. The number of amides is 1. The van der Waals surface area contributed by atoms with E-state index in [0.29, 0.717) is 31.3 Å². The Morgan fingerprint density at radius 1 is 1.45 bits per heavy atom. The number of aryl methyl sites for hydroxylation is 1. The molecule has 1 aromatic heterocycles. The lowest BCUT2D eigenvalue weighted by Crippen LogP contribution is -2.43. The van der Waals surface area contributed by atoms with E-state index in [0.717, 1.165) is 12.0 Å². The topological polar surface area (TPSA) is 64.4 Å². The van der Waals surface area contributed by atoms with Gasteiger partial charge >= 0.3 is 5.97 Å². The minimum absolute atomic E-state index is 0.0636. The Labute approximate surface area is 130 Å². The van der Waals surface area contributed by atoms with Crippen molar-refractivity contribution < 1.29 is 14.3 Å². The maximum absolute atomic E-state index is 12.5. The van der Waals surface area contributed by atoms with E-state index in [4.69, 9.17) is 4.74 Å². The van der Waals surface area contributed by atoms with E-state index in [1.54, 1.807) is 22.8 Å². The van der Waals surface area contributed by atoms with Crippen LogP contribution in [0.3, 0.4) is 0 Å². The van der Waals surface area contributed by atoms with Crippen molar-refractivity contribution in [1.29, 1.82) is 0 Å². The molecule has 0 bridgehead atoms. The summed E-state index contributed by atoms with van der Waals surface area (Å²) in [7, 11) is 3.58. The second-order valence-electron chi connectivity index (χ2n) is 6.65. The Balaban J connectivity index is 1.74. The number of aromatic nitrogens is 2. The number of carbonyl (C=O) groups excluding carboxylic acids is 2. The lowest BCUT2D eigenvalue weighted by molar-refractivity contribution is -0.156. The smallest absolute Gasteiger partial charge is 0.311 e. The van der Waals surface area contributed by atoms with Crippen LogP contribution in [0.15, 0.2) is 12.4 Å². The number of ether oxygens (including phenoxy) is 1. The lowest BCUT2D eigenvalue weighted by atomic mass is 9.86. The molecule has 1 saturated heterocycles. The number of hydrogen-bond donors (Lipinski definition) is 0. The Hall–Kier alpha value is -1.85. The summed E-state index contributed by atoms with van der Waals surface area (Å²) in [6, 6.07) is -0.279. The highest BCUT2D eigenvalue weighted by Crippen LogP contribution is 2.39. The molecule has 0 unspecified atom stereocenters. The fraction of sp³-hybridized carbons (Fsp3) is 0.688. The van der Waals surface area contributed by atoms with Gasteiger partial charge in [0.15, 0.2) is 0 Å². The highest BCUT2D eigenvalue weighted by molar-refractivity contribution is 5.82. The standard InChI is InChI=1S/C16H23N3O3/c1-10-6-11(10)9-22-16(21)13-4-5-14(20)19(3)15(13)12-7-17-18(2)8-12/h7-8,10-11,13,15H,4-6,9H2,1-3H3/t10-,11-,13-,15+/m1/s1. The molecular weight excluding hydrogens is 282 g/mol. The van der Waals surface area contributed by atoms with Crippen molar-refractivity contribution in [2.24, 2.45) is 24.8 Å². The first-order valence-corrected chi connectivity index (χ1v) is 7.88. The van der Waals surface area contributed by atoms with Crippen LogP contribution in [0.5, 0.6) is 0 Å². The Morgan fingerprint density at radius 3 is 2.77 bits per heavy atom. The minimum atomic E-state index is -0.305. The molecule has 120 valence electrons. The number of carbonyl (C=O) groups is 2. The molecular formula is C16H23N3O3. The average molecular weight is 305 g/mol. The third-order valence-corrected chi connectivity index (χ3v) is 4.95. The largest absolute Gasteiger partial charge is 0.465 e. The molecule has 6 nitrogen and oxygen atoms in total. The van der Waals surface area contributed by atoms with Crippen molar-refractivity contribution in [1.82, 2.24) is 14.7 Å². The summed E-state index contributed by atoms with van der Waals surface area (Å²) in [4.78, 5) is 26.2. The van der Waals surface area contributed by atoms with Gasteiger partial charge in [0.1, 0.15) is 0 Å². The van der Waals surface area contributed by atoms with Crippen molar-refractivity contribution in [2.45, 2.75) is 32.2 Å². The first-order valence-electron chi connectivity index (χ1n) is 7.88.